The molecule has 0 aliphatic carbocycles. The summed E-state index contributed by atoms with van der Waals surface area (Å²) >= 11 is 0. The number of halogens is 3. The molecule has 0 aliphatic heterocycles. The van der Waals surface area contributed by atoms with E-state index in [1.807, 2.05) is 0 Å². The zero-order valence-electron chi connectivity index (χ0n) is 12.8. The first-order chi connectivity index (χ1) is 10.0. The molecule has 0 heterocycles. The Bertz CT molecular complexity index is 503. The Hall–Kier alpha value is -1.15. The largest absolute Gasteiger partial charge is 0.416 e. The van der Waals surface area contributed by atoms with Crippen molar-refractivity contribution in [2.45, 2.75) is 51.2 Å². The maximum atomic E-state index is 13.0. The number of benzene rings is 1. The molecule has 1 atom stereocenters. The highest BCUT2D eigenvalue weighted by atomic mass is 19.4. The van der Waals surface area contributed by atoms with Crippen LogP contribution in [0.1, 0.15) is 43.4 Å². The van der Waals surface area contributed by atoms with Crippen LogP contribution >= 0.6 is 0 Å². The van der Waals surface area contributed by atoms with E-state index in [1.54, 1.807) is 13.8 Å². The summed E-state index contributed by atoms with van der Waals surface area (Å²) in [5.41, 5.74) is -1.27. The predicted octanol–water partition coefficient (Wildman–Crippen LogP) is 1.98. The highest BCUT2D eigenvalue weighted by Gasteiger charge is 2.34. The van der Waals surface area contributed by atoms with Gasteiger partial charge >= 0.3 is 6.18 Å². The molecule has 22 heavy (non-hydrogen) atoms. The monoisotopic (exact) mass is 321 g/mol. The molecule has 0 saturated heterocycles. The van der Waals surface area contributed by atoms with Crippen molar-refractivity contribution in [3.8, 4) is 0 Å². The standard InChI is InChI=1S/C15H22F3NO3/c1-9(2)11-6-10(4-5-12(11)15(16,17)18)7-19-14(3,8-20)13(21)22/h4-6,9,13,19-22H,7-8H2,1-3H3. The zero-order chi connectivity index (χ0) is 17.1. The fraction of sp³-hybridized carbons (Fsp3) is 0.600. The summed E-state index contributed by atoms with van der Waals surface area (Å²) in [6.07, 6.45) is -6.21. The van der Waals surface area contributed by atoms with Gasteiger partial charge in [-0.05, 0) is 30.0 Å². The van der Waals surface area contributed by atoms with Gasteiger partial charge in [0, 0.05) is 6.54 Å². The Labute approximate surface area is 127 Å². The van der Waals surface area contributed by atoms with Gasteiger partial charge in [0.15, 0.2) is 6.29 Å². The number of hydrogen-bond donors (Lipinski definition) is 4. The lowest BCUT2D eigenvalue weighted by Crippen LogP contribution is -2.54. The number of aliphatic hydroxyl groups excluding tert-OH is 2. The molecule has 0 aromatic heterocycles. The van der Waals surface area contributed by atoms with Gasteiger partial charge in [-0.1, -0.05) is 26.0 Å². The third-order valence-electron chi connectivity index (χ3n) is 3.64. The fourth-order valence-corrected chi connectivity index (χ4v) is 1.99. The topological polar surface area (TPSA) is 72.7 Å². The molecule has 0 fully saturated rings. The van der Waals surface area contributed by atoms with Gasteiger partial charge in [-0.2, -0.15) is 13.2 Å². The zero-order valence-corrected chi connectivity index (χ0v) is 12.8. The van der Waals surface area contributed by atoms with Crippen molar-refractivity contribution >= 4 is 0 Å². The average molecular weight is 321 g/mol. The lowest BCUT2D eigenvalue weighted by atomic mass is 9.94. The van der Waals surface area contributed by atoms with Crippen molar-refractivity contribution in [2.75, 3.05) is 6.61 Å². The van der Waals surface area contributed by atoms with Gasteiger partial charge in [0.2, 0.25) is 0 Å². The smallest absolute Gasteiger partial charge is 0.394 e. The van der Waals surface area contributed by atoms with Crippen LogP contribution in [0.4, 0.5) is 13.2 Å². The maximum Gasteiger partial charge on any atom is 0.416 e. The van der Waals surface area contributed by atoms with Crippen molar-refractivity contribution in [3.63, 3.8) is 0 Å². The van der Waals surface area contributed by atoms with Crippen molar-refractivity contribution in [2.24, 2.45) is 0 Å². The third kappa shape index (κ3) is 4.42. The molecule has 4 nitrogen and oxygen atoms in total. The Morgan fingerprint density at radius 3 is 2.18 bits per heavy atom. The molecular formula is C15H22F3NO3. The minimum absolute atomic E-state index is 0.104. The summed E-state index contributed by atoms with van der Waals surface area (Å²) in [4.78, 5) is 0. The molecule has 0 bridgehead atoms. The van der Waals surface area contributed by atoms with Crippen LogP contribution < -0.4 is 5.32 Å². The van der Waals surface area contributed by atoms with Crippen LogP contribution in [0.5, 0.6) is 0 Å². The molecule has 1 unspecified atom stereocenters. The lowest BCUT2D eigenvalue weighted by molar-refractivity contribution is -0.138. The Morgan fingerprint density at radius 2 is 1.77 bits per heavy atom. The second-order valence-electron chi connectivity index (χ2n) is 5.88. The molecule has 4 N–H and O–H groups in total. The van der Waals surface area contributed by atoms with Gasteiger partial charge in [-0.15, -0.1) is 0 Å². The Balaban J connectivity index is 3.02. The van der Waals surface area contributed by atoms with E-state index in [-0.39, 0.29) is 18.0 Å². The van der Waals surface area contributed by atoms with Crippen LogP contribution in [0, 0.1) is 0 Å². The van der Waals surface area contributed by atoms with Crippen LogP contribution in [0.2, 0.25) is 0 Å². The Morgan fingerprint density at radius 1 is 1.18 bits per heavy atom. The minimum Gasteiger partial charge on any atom is -0.394 e. The van der Waals surface area contributed by atoms with E-state index in [1.165, 1.54) is 19.1 Å². The second kappa shape index (κ2) is 6.95. The molecule has 1 aromatic carbocycles. The van der Waals surface area contributed by atoms with E-state index in [2.05, 4.69) is 5.32 Å². The summed E-state index contributed by atoms with van der Waals surface area (Å²) in [6.45, 7) is 4.34. The van der Waals surface area contributed by atoms with Crippen molar-refractivity contribution in [1.82, 2.24) is 5.32 Å². The first kappa shape index (κ1) is 18.9. The highest BCUT2D eigenvalue weighted by Crippen LogP contribution is 2.35. The summed E-state index contributed by atoms with van der Waals surface area (Å²) in [5, 5.41) is 30.4. The molecule has 0 amide bonds. The third-order valence-corrected chi connectivity index (χ3v) is 3.64. The quantitative estimate of drug-likeness (QED) is 0.605. The molecule has 0 radical (unpaired) electrons. The van der Waals surface area contributed by atoms with Crippen molar-refractivity contribution in [3.05, 3.63) is 34.9 Å². The summed E-state index contributed by atoms with van der Waals surface area (Å²) in [6, 6.07) is 3.81. The molecule has 0 spiro atoms. The van der Waals surface area contributed by atoms with Crippen LogP contribution in [0.3, 0.4) is 0 Å². The van der Waals surface area contributed by atoms with E-state index in [0.717, 1.165) is 6.07 Å². The molecule has 1 rings (SSSR count). The molecule has 1 aromatic rings. The number of rotatable bonds is 6. The number of nitrogens with one attached hydrogen (secondary N) is 1. The summed E-state index contributed by atoms with van der Waals surface area (Å²) in [5.74, 6) is -0.302. The molecule has 0 saturated carbocycles. The van der Waals surface area contributed by atoms with Gasteiger partial charge < -0.3 is 20.6 Å². The SMILES string of the molecule is CC(C)c1cc(CNC(C)(CO)C(O)O)ccc1C(F)(F)F. The molecule has 0 aliphatic rings. The van der Waals surface area contributed by atoms with Crippen molar-refractivity contribution in [1.29, 1.82) is 0 Å². The van der Waals surface area contributed by atoms with Gasteiger partial charge in [-0.25, -0.2) is 0 Å². The molecule has 7 heteroatoms. The van der Waals surface area contributed by atoms with Crippen LogP contribution in [0.15, 0.2) is 18.2 Å². The van der Waals surface area contributed by atoms with Gasteiger partial charge in [0.05, 0.1) is 17.7 Å². The van der Waals surface area contributed by atoms with Gasteiger partial charge in [0.25, 0.3) is 0 Å². The minimum atomic E-state index is -4.41. The van der Waals surface area contributed by atoms with Crippen LogP contribution in [-0.2, 0) is 12.7 Å². The highest BCUT2D eigenvalue weighted by molar-refractivity contribution is 5.36. The lowest BCUT2D eigenvalue weighted by Gasteiger charge is -2.30. The second-order valence-corrected chi connectivity index (χ2v) is 5.88. The van der Waals surface area contributed by atoms with Crippen LogP contribution in [-0.4, -0.2) is 33.8 Å². The predicted molar refractivity (Wildman–Crippen MR) is 76.1 cm³/mol. The van der Waals surface area contributed by atoms with E-state index >= 15 is 0 Å². The number of aliphatic hydroxyl groups is 3. The van der Waals surface area contributed by atoms with Crippen molar-refractivity contribution < 1.29 is 28.5 Å². The Kier molecular flexibility index (Phi) is 5.97. The molecular weight excluding hydrogens is 299 g/mol. The normalized spacial score (nSPS) is 15.4. The number of alkyl halides is 3. The summed E-state index contributed by atoms with van der Waals surface area (Å²) < 4.78 is 38.9. The number of hydrogen-bond acceptors (Lipinski definition) is 4. The first-order valence-electron chi connectivity index (χ1n) is 6.93. The maximum absolute atomic E-state index is 13.0. The fourth-order valence-electron chi connectivity index (χ4n) is 1.99. The van der Waals surface area contributed by atoms with E-state index in [0.29, 0.717) is 5.56 Å². The van der Waals surface area contributed by atoms with E-state index in [4.69, 9.17) is 0 Å². The van der Waals surface area contributed by atoms with Gasteiger partial charge in [0.1, 0.15) is 0 Å². The van der Waals surface area contributed by atoms with Gasteiger partial charge in [-0.3, -0.25) is 0 Å². The summed E-state index contributed by atoms with van der Waals surface area (Å²) in [7, 11) is 0. The van der Waals surface area contributed by atoms with E-state index < -0.39 is 30.2 Å². The van der Waals surface area contributed by atoms with E-state index in [9.17, 15) is 28.5 Å². The first-order valence-corrected chi connectivity index (χ1v) is 6.93. The average Bonchev–Trinajstić information content (AvgIpc) is 2.43. The van der Waals surface area contributed by atoms with Crippen LogP contribution in [0.25, 0.3) is 0 Å². The molecule has 126 valence electrons.